The number of hydrogen-bond donors (Lipinski definition) is 1. The van der Waals surface area contributed by atoms with E-state index >= 15 is 0 Å². The van der Waals surface area contributed by atoms with E-state index in [1.165, 1.54) is 19.3 Å². The van der Waals surface area contributed by atoms with E-state index in [9.17, 15) is 13.2 Å². The number of sulfonamides is 1. The van der Waals surface area contributed by atoms with Gasteiger partial charge in [-0.15, -0.1) is 0 Å². The average molecular weight is 274 g/mol. The topological polar surface area (TPSA) is 80.5 Å². The van der Waals surface area contributed by atoms with E-state index in [1.54, 1.807) is 4.90 Å². The Bertz CT molecular complexity index is 415. The smallest absolute Gasteiger partial charge is 0.224 e. The lowest BCUT2D eigenvalue weighted by atomic mass is 9.84. The minimum absolute atomic E-state index is 0.0515. The van der Waals surface area contributed by atoms with Crippen LogP contribution in [0, 0.1) is 5.92 Å². The Balaban J connectivity index is 2.02. The summed E-state index contributed by atoms with van der Waals surface area (Å²) in [6.45, 7) is 2.31. The summed E-state index contributed by atoms with van der Waals surface area (Å²) in [5, 5.41) is 4.43. The molecule has 0 aromatic carbocycles. The van der Waals surface area contributed by atoms with Gasteiger partial charge in [-0.05, 0) is 25.7 Å². The van der Waals surface area contributed by atoms with E-state index in [-0.39, 0.29) is 24.9 Å². The third kappa shape index (κ3) is 2.85. The van der Waals surface area contributed by atoms with E-state index in [1.807, 2.05) is 6.92 Å². The highest BCUT2D eigenvalue weighted by atomic mass is 32.2. The van der Waals surface area contributed by atoms with Crippen LogP contribution in [0.25, 0.3) is 0 Å². The first-order valence-electron chi connectivity index (χ1n) is 6.70. The highest BCUT2D eigenvalue weighted by Crippen LogP contribution is 2.31. The first kappa shape index (κ1) is 13.8. The maximum absolute atomic E-state index is 11.9. The lowest BCUT2D eigenvalue weighted by Gasteiger charge is -2.34. The zero-order valence-electron chi connectivity index (χ0n) is 10.8. The number of likely N-dealkylation sites (tertiary alicyclic amines) is 1. The summed E-state index contributed by atoms with van der Waals surface area (Å²) < 4.78 is 22.6. The molecule has 2 atom stereocenters. The van der Waals surface area contributed by atoms with Crippen LogP contribution in [-0.4, -0.2) is 37.1 Å². The van der Waals surface area contributed by atoms with Gasteiger partial charge in [0.25, 0.3) is 0 Å². The molecule has 0 radical (unpaired) electrons. The summed E-state index contributed by atoms with van der Waals surface area (Å²) in [5.41, 5.74) is 0. The standard InChI is InChI=1S/C12H22N2O3S/c1-9(10-5-3-2-4-6-10)14-8-11(7-12(14)15)18(13,16)17/h9-11H,2-8H2,1H3,(H2,13,16,17)/t9-,11?/m0/s1. The number of rotatable bonds is 3. The molecule has 18 heavy (non-hydrogen) atoms. The van der Waals surface area contributed by atoms with Crippen LogP contribution in [0.5, 0.6) is 0 Å². The fourth-order valence-electron chi connectivity index (χ4n) is 3.18. The molecule has 1 amide bonds. The van der Waals surface area contributed by atoms with Crippen LogP contribution in [0.4, 0.5) is 0 Å². The van der Waals surface area contributed by atoms with Crippen LogP contribution >= 0.6 is 0 Å². The minimum Gasteiger partial charge on any atom is -0.338 e. The zero-order chi connectivity index (χ0) is 13.3. The molecule has 0 spiro atoms. The van der Waals surface area contributed by atoms with Gasteiger partial charge in [0.15, 0.2) is 0 Å². The molecule has 0 aromatic heterocycles. The molecule has 0 aromatic rings. The zero-order valence-corrected chi connectivity index (χ0v) is 11.7. The predicted molar refractivity (Wildman–Crippen MR) is 69.3 cm³/mol. The number of nitrogens with two attached hydrogens (primary N) is 1. The van der Waals surface area contributed by atoms with E-state index in [0.717, 1.165) is 12.8 Å². The molecular formula is C12H22N2O3S. The van der Waals surface area contributed by atoms with Crippen molar-refractivity contribution >= 4 is 15.9 Å². The number of nitrogens with zero attached hydrogens (tertiary/aromatic N) is 1. The van der Waals surface area contributed by atoms with Crippen LogP contribution in [0.1, 0.15) is 45.4 Å². The van der Waals surface area contributed by atoms with Crippen LogP contribution in [0.2, 0.25) is 0 Å². The Kier molecular flexibility index (Phi) is 3.96. The molecule has 2 aliphatic rings. The monoisotopic (exact) mass is 274 g/mol. The fraction of sp³-hybridized carbons (Fsp3) is 0.917. The molecule has 5 nitrogen and oxygen atoms in total. The second-order valence-corrected chi connectivity index (χ2v) is 7.44. The molecule has 1 aliphatic carbocycles. The SMILES string of the molecule is C[C@@H](C1CCCCC1)N1CC(S(N)(=O)=O)CC1=O. The van der Waals surface area contributed by atoms with Crippen LogP contribution in [-0.2, 0) is 14.8 Å². The molecule has 104 valence electrons. The van der Waals surface area contributed by atoms with Gasteiger partial charge in [0.1, 0.15) is 5.25 Å². The maximum atomic E-state index is 11.9. The Morgan fingerprint density at radius 1 is 1.28 bits per heavy atom. The van der Waals surface area contributed by atoms with E-state index in [4.69, 9.17) is 5.14 Å². The largest absolute Gasteiger partial charge is 0.338 e. The summed E-state index contributed by atoms with van der Waals surface area (Å²) in [4.78, 5) is 13.6. The summed E-state index contributed by atoms with van der Waals surface area (Å²) in [7, 11) is -3.60. The molecule has 1 unspecified atom stereocenters. The van der Waals surface area contributed by atoms with Crippen molar-refractivity contribution in [2.75, 3.05) is 6.54 Å². The van der Waals surface area contributed by atoms with Gasteiger partial charge in [-0.3, -0.25) is 4.79 Å². The second-order valence-electron chi connectivity index (χ2n) is 5.60. The lowest BCUT2D eigenvalue weighted by molar-refractivity contribution is -0.130. The summed E-state index contributed by atoms with van der Waals surface area (Å²) in [6, 6.07) is 0.143. The lowest BCUT2D eigenvalue weighted by Crippen LogP contribution is -2.41. The van der Waals surface area contributed by atoms with Crippen molar-refractivity contribution in [2.24, 2.45) is 11.1 Å². The molecule has 2 fully saturated rings. The highest BCUT2D eigenvalue weighted by molar-refractivity contribution is 7.89. The molecule has 1 aliphatic heterocycles. The van der Waals surface area contributed by atoms with E-state index in [0.29, 0.717) is 5.92 Å². The maximum Gasteiger partial charge on any atom is 0.224 e. The number of carbonyl (C=O) groups is 1. The number of hydrogen-bond acceptors (Lipinski definition) is 3. The molecule has 6 heteroatoms. The number of amides is 1. The van der Waals surface area contributed by atoms with Crippen molar-refractivity contribution in [2.45, 2.75) is 56.7 Å². The van der Waals surface area contributed by atoms with Crippen LogP contribution < -0.4 is 5.14 Å². The van der Waals surface area contributed by atoms with Crippen molar-refractivity contribution in [1.82, 2.24) is 4.90 Å². The average Bonchev–Trinajstić information content (AvgIpc) is 2.71. The quantitative estimate of drug-likeness (QED) is 0.828. The Hall–Kier alpha value is -0.620. The molecule has 0 bridgehead atoms. The Labute approximate surface area is 109 Å². The highest BCUT2D eigenvalue weighted by Gasteiger charge is 2.40. The number of primary sulfonamides is 1. The minimum atomic E-state index is -3.60. The van der Waals surface area contributed by atoms with Crippen molar-refractivity contribution in [3.05, 3.63) is 0 Å². The Morgan fingerprint density at radius 2 is 1.89 bits per heavy atom. The normalized spacial score (nSPS) is 28.7. The molecule has 2 rings (SSSR count). The Morgan fingerprint density at radius 3 is 2.39 bits per heavy atom. The third-order valence-corrected chi connectivity index (χ3v) is 5.66. The molecule has 1 saturated carbocycles. The van der Waals surface area contributed by atoms with E-state index in [2.05, 4.69) is 0 Å². The van der Waals surface area contributed by atoms with Gasteiger partial charge in [0, 0.05) is 19.0 Å². The van der Waals surface area contributed by atoms with Gasteiger partial charge in [-0.25, -0.2) is 13.6 Å². The first-order valence-corrected chi connectivity index (χ1v) is 8.31. The molecular weight excluding hydrogens is 252 g/mol. The van der Waals surface area contributed by atoms with Crippen molar-refractivity contribution in [3.8, 4) is 0 Å². The number of carbonyl (C=O) groups excluding carboxylic acids is 1. The van der Waals surface area contributed by atoms with Gasteiger partial charge < -0.3 is 4.90 Å². The van der Waals surface area contributed by atoms with Crippen LogP contribution in [0.15, 0.2) is 0 Å². The second kappa shape index (κ2) is 5.17. The van der Waals surface area contributed by atoms with Gasteiger partial charge in [-0.2, -0.15) is 0 Å². The van der Waals surface area contributed by atoms with Crippen LogP contribution in [0.3, 0.4) is 0 Å². The van der Waals surface area contributed by atoms with Gasteiger partial charge in [-0.1, -0.05) is 19.3 Å². The van der Waals surface area contributed by atoms with E-state index < -0.39 is 15.3 Å². The first-order chi connectivity index (χ1) is 8.39. The van der Waals surface area contributed by atoms with Gasteiger partial charge in [0.2, 0.25) is 15.9 Å². The van der Waals surface area contributed by atoms with Gasteiger partial charge in [0.05, 0.1) is 0 Å². The summed E-state index contributed by atoms with van der Waals surface area (Å²) in [6.07, 6.45) is 6.05. The third-order valence-electron chi connectivity index (χ3n) is 4.41. The van der Waals surface area contributed by atoms with Crippen molar-refractivity contribution in [1.29, 1.82) is 0 Å². The summed E-state index contributed by atoms with van der Waals surface area (Å²) >= 11 is 0. The van der Waals surface area contributed by atoms with Crippen molar-refractivity contribution < 1.29 is 13.2 Å². The van der Waals surface area contributed by atoms with Crippen molar-refractivity contribution in [3.63, 3.8) is 0 Å². The fourth-order valence-corrected chi connectivity index (χ4v) is 3.93. The molecule has 1 heterocycles. The molecule has 1 saturated heterocycles. The molecule has 2 N–H and O–H groups in total. The predicted octanol–water partition coefficient (Wildman–Crippen LogP) is 0.845. The van der Waals surface area contributed by atoms with Gasteiger partial charge >= 0.3 is 0 Å². The summed E-state index contributed by atoms with van der Waals surface area (Å²) in [5.74, 6) is 0.453.